The number of fused-ring (bicyclic) bond motifs is 1. The van der Waals surface area contributed by atoms with E-state index in [9.17, 15) is 18.0 Å². The summed E-state index contributed by atoms with van der Waals surface area (Å²) >= 11 is 0. The van der Waals surface area contributed by atoms with Gasteiger partial charge in [-0.25, -0.2) is 9.97 Å². The molecule has 194 valence electrons. The number of oxazole rings is 1. The Morgan fingerprint density at radius 3 is 2.30 bits per heavy atom. The first-order chi connectivity index (χ1) is 17.7. The molecule has 2 heterocycles. The van der Waals surface area contributed by atoms with Crippen LogP contribution in [0.4, 0.5) is 13.2 Å². The number of halogens is 3. The van der Waals surface area contributed by atoms with Gasteiger partial charge in [-0.05, 0) is 42.0 Å². The van der Waals surface area contributed by atoms with Crippen molar-refractivity contribution in [2.24, 2.45) is 5.73 Å². The Labute approximate surface area is 209 Å². The second kappa shape index (κ2) is 10.3. The molecular weight excluding hydrogens is 493 g/mol. The standard InChI is InChI=1S/C25H23F3N4O5/c1-34-14-8-13(9-15(10-14)35-2)12-30-23(33)22-19(11-29)37-24(32-22)17-4-6-18(36-3)21-16(17)5-7-20(31-21)25(26,27)28/h4-10H,11-12,29H2,1-3H3,(H,30,33). The highest BCUT2D eigenvalue weighted by molar-refractivity contribution is 5.98. The van der Waals surface area contributed by atoms with Crippen molar-refractivity contribution in [3.8, 4) is 28.7 Å². The van der Waals surface area contributed by atoms with Gasteiger partial charge in [0.05, 0.1) is 27.9 Å². The quantitative estimate of drug-likeness (QED) is 0.355. The molecular formula is C25H23F3N4O5. The normalized spacial score (nSPS) is 11.4. The Bertz CT molecular complexity index is 1430. The van der Waals surface area contributed by atoms with Crippen LogP contribution in [0.2, 0.25) is 0 Å². The summed E-state index contributed by atoms with van der Waals surface area (Å²) in [6.07, 6.45) is -4.64. The second-order valence-corrected chi connectivity index (χ2v) is 7.80. The summed E-state index contributed by atoms with van der Waals surface area (Å²) < 4.78 is 61.1. The molecule has 0 fully saturated rings. The molecule has 0 unspecified atom stereocenters. The first-order valence-corrected chi connectivity index (χ1v) is 10.9. The first kappa shape index (κ1) is 25.8. The highest BCUT2D eigenvalue weighted by Gasteiger charge is 2.33. The van der Waals surface area contributed by atoms with Crippen molar-refractivity contribution >= 4 is 16.8 Å². The fraction of sp³-hybridized carbons (Fsp3) is 0.240. The molecule has 0 radical (unpaired) electrons. The van der Waals surface area contributed by atoms with Crippen molar-refractivity contribution in [1.82, 2.24) is 15.3 Å². The zero-order valence-corrected chi connectivity index (χ0v) is 20.1. The van der Waals surface area contributed by atoms with Gasteiger partial charge in [-0.2, -0.15) is 13.2 Å². The van der Waals surface area contributed by atoms with E-state index in [-0.39, 0.29) is 41.7 Å². The number of pyridine rings is 1. The molecule has 0 spiro atoms. The van der Waals surface area contributed by atoms with Gasteiger partial charge in [0.15, 0.2) is 11.5 Å². The minimum atomic E-state index is -4.64. The Morgan fingerprint density at radius 1 is 1.00 bits per heavy atom. The maximum atomic E-state index is 13.2. The van der Waals surface area contributed by atoms with Gasteiger partial charge in [0.25, 0.3) is 5.91 Å². The lowest BCUT2D eigenvalue weighted by atomic mass is 10.1. The summed E-state index contributed by atoms with van der Waals surface area (Å²) in [4.78, 5) is 21.0. The molecule has 2 aromatic carbocycles. The minimum Gasteiger partial charge on any atom is -0.497 e. The Hall–Kier alpha value is -4.32. The maximum Gasteiger partial charge on any atom is 0.433 e. The van der Waals surface area contributed by atoms with Gasteiger partial charge >= 0.3 is 6.18 Å². The van der Waals surface area contributed by atoms with Gasteiger partial charge in [0.2, 0.25) is 5.89 Å². The van der Waals surface area contributed by atoms with E-state index < -0.39 is 17.8 Å². The Kier molecular flexibility index (Phi) is 7.21. The van der Waals surface area contributed by atoms with E-state index in [1.165, 1.54) is 33.5 Å². The molecule has 0 saturated carbocycles. The van der Waals surface area contributed by atoms with E-state index in [2.05, 4.69) is 15.3 Å². The molecule has 2 aromatic heterocycles. The highest BCUT2D eigenvalue weighted by atomic mass is 19.4. The number of rotatable bonds is 8. The molecule has 0 aliphatic rings. The van der Waals surface area contributed by atoms with Gasteiger partial charge < -0.3 is 29.7 Å². The number of hydrogen-bond donors (Lipinski definition) is 2. The number of nitrogens with one attached hydrogen (secondary N) is 1. The number of benzene rings is 2. The van der Waals surface area contributed by atoms with Gasteiger partial charge in [-0.1, -0.05) is 0 Å². The number of carbonyl (C=O) groups excluding carboxylic acids is 1. The molecule has 9 nitrogen and oxygen atoms in total. The van der Waals surface area contributed by atoms with Crippen LogP contribution >= 0.6 is 0 Å². The van der Waals surface area contributed by atoms with Gasteiger partial charge in [0, 0.05) is 23.6 Å². The summed E-state index contributed by atoms with van der Waals surface area (Å²) in [5.41, 5.74) is 5.68. The molecule has 4 rings (SSSR count). The monoisotopic (exact) mass is 516 g/mol. The predicted octanol–water partition coefficient (Wildman–Crippen LogP) is 4.32. The summed E-state index contributed by atoms with van der Waals surface area (Å²) in [6.45, 7) is 0.00149. The van der Waals surface area contributed by atoms with Crippen molar-refractivity contribution in [3.63, 3.8) is 0 Å². The largest absolute Gasteiger partial charge is 0.497 e. The van der Waals surface area contributed by atoms with Crippen LogP contribution in [0.15, 0.2) is 46.9 Å². The van der Waals surface area contributed by atoms with Crippen LogP contribution in [0.5, 0.6) is 17.2 Å². The third-order valence-electron chi connectivity index (χ3n) is 5.52. The molecule has 37 heavy (non-hydrogen) atoms. The van der Waals surface area contributed by atoms with Crippen molar-refractivity contribution in [3.05, 3.63) is 65.2 Å². The van der Waals surface area contributed by atoms with E-state index in [0.717, 1.165) is 11.6 Å². The Morgan fingerprint density at radius 2 is 1.70 bits per heavy atom. The molecule has 0 aliphatic carbocycles. The predicted molar refractivity (Wildman–Crippen MR) is 127 cm³/mol. The number of hydrogen-bond acceptors (Lipinski definition) is 8. The number of aromatic nitrogens is 2. The zero-order valence-electron chi connectivity index (χ0n) is 20.1. The van der Waals surface area contributed by atoms with Crippen molar-refractivity contribution in [2.75, 3.05) is 21.3 Å². The third-order valence-corrected chi connectivity index (χ3v) is 5.52. The zero-order chi connectivity index (χ0) is 26.7. The number of carbonyl (C=O) groups is 1. The molecule has 1 amide bonds. The molecule has 0 atom stereocenters. The van der Waals surface area contributed by atoms with Gasteiger partial charge in [-0.15, -0.1) is 0 Å². The van der Waals surface area contributed by atoms with Crippen LogP contribution in [0.25, 0.3) is 22.4 Å². The van der Waals surface area contributed by atoms with Gasteiger partial charge in [0.1, 0.15) is 28.5 Å². The topological polar surface area (TPSA) is 122 Å². The number of alkyl halides is 3. The molecule has 0 saturated heterocycles. The lowest BCUT2D eigenvalue weighted by molar-refractivity contribution is -0.140. The fourth-order valence-electron chi connectivity index (χ4n) is 3.72. The van der Waals surface area contributed by atoms with Crippen molar-refractivity contribution in [2.45, 2.75) is 19.3 Å². The van der Waals surface area contributed by atoms with Crippen LogP contribution in [-0.2, 0) is 19.3 Å². The lowest BCUT2D eigenvalue weighted by Crippen LogP contribution is -2.24. The molecule has 0 bridgehead atoms. The number of ether oxygens (including phenoxy) is 3. The van der Waals surface area contributed by atoms with Crippen LogP contribution in [0, 0.1) is 0 Å². The number of nitrogens with zero attached hydrogens (tertiary/aromatic N) is 2. The number of nitrogens with two attached hydrogens (primary N) is 1. The number of amides is 1. The summed E-state index contributed by atoms with van der Waals surface area (Å²) in [7, 11) is 4.36. The molecule has 3 N–H and O–H groups in total. The Balaban J connectivity index is 1.67. The molecule has 12 heteroatoms. The van der Waals surface area contributed by atoms with E-state index in [0.29, 0.717) is 22.4 Å². The average molecular weight is 516 g/mol. The summed E-state index contributed by atoms with van der Waals surface area (Å²) in [5, 5.41) is 3.05. The van der Waals surface area contributed by atoms with Crippen LogP contribution in [-0.4, -0.2) is 37.2 Å². The minimum absolute atomic E-state index is 0.00265. The molecule has 4 aromatic rings. The van der Waals surface area contributed by atoms with E-state index >= 15 is 0 Å². The number of methoxy groups -OCH3 is 3. The van der Waals surface area contributed by atoms with Crippen LogP contribution in [0.1, 0.15) is 27.5 Å². The van der Waals surface area contributed by atoms with Crippen molar-refractivity contribution < 1.29 is 36.6 Å². The maximum absolute atomic E-state index is 13.2. The summed E-state index contributed by atoms with van der Waals surface area (Å²) in [5.74, 6) is 0.824. The van der Waals surface area contributed by atoms with E-state index in [1.54, 1.807) is 24.3 Å². The van der Waals surface area contributed by atoms with E-state index in [1.807, 2.05) is 0 Å². The second-order valence-electron chi connectivity index (χ2n) is 7.80. The van der Waals surface area contributed by atoms with Crippen molar-refractivity contribution in [1.29, 1.82) is 0 Å². The SMILES string of the molecule is COc1cc(CNC(=O)c2nc(-c3ccc(OC)c4nc(C(F)(F)F)ccc34)oc2CN)cc(OC)c1. The average Bonchev–Trinajstić information content (AvgIpc) is 3.34. The summed E-state index contributed by atoms with van der Waals surface area (Å²) in [6, 6.07) is 10.3. The fourth-order valence-corrected chi connectivity index (χ4v) is 3.72. The van der Waals surface area contributed by atoms with Crippen LogP contribution < -0.4 is 25.3 Å². The molecule has 0 aliphatic heterocycles. The highest BCUT2D eigenvalue weighted by Crippen LogP contribution is 2.37. The third kappa shape index (κ3) is 5.28. The van der Waals surface area contributed by atoms with Gasteiger partial charge in [-0.3, -0.25) is 4.79 Å². The van der Waals surface area contributed by atoms with E-state index in [4.69, 9.17) is 24.4 Å². The van der Waals surface area contributed by atoms with Crippen LogP contribution in [0.3, 0.4) is 0 Å². The first-order valence-electron chi connectivity index (χ1n) is 10.9. The smallest absolute Gasteiger partial charge is 0.433 e. The lowest BCUT2D eigenvalue weighted by Gasteiger charge is -2.11.